The zero-order valence-corrected chi connectivity index (χ0v) is 8.01. The summed E-state index contributed by atoms with van der Waals surface area (Å²) in [5.41, 5.74) is 0. The fraction of sp³-hybridized carbons (Fsp3) is 0. The minimum absolute atomic E-state index is 0. The summed E-state index contributed by atoms with van der Waals surface area (Å²) in [6, 6.07) is 0. The average molecular weight is 258 g/mol. The molecule has 0 fully saturated rings. The summed E-state index contributed by atoms with van der Waals surface area (Å²) in [6.45, 7) is 0. The van der Waals surface area contributed by atoms with Crippen molar-refractivity contribution in [2.24, 2.45) is 0 Å². The Bertz CT molecular complexity index is 8.49. The minimum Gasteiger partial charge on any atom is -1.00 e. The summed E-state index contributed by atoms with van der Waals surface area (Å²) in [5.74, 6) is 0. The number of hydrogen-bond acceptors (Lipinski definition) is 0. The van der Waals surface area contributed by atoms with E-state index in [2.05, 4.69) is 0 Å². The molecule has 0 spiro atoms. The van der Waals surface area contributed by atoms with Crippen LogP contribution in [-0.2, 0) is 0 Å². The van der Waals surface area contributed by atoms with E-state index >= 15 is 0 Å². The summed E-state index contributed by atoms with van der Waals surface area (Å²) in [5, 5.41) is 0. The SMILES string of the molecule is O.O.O.O.O.O.[Cl-].[In+3]. The van der Waals surface area contributed by atoms with E-state index in [0.29, 0.717) is 0 Å². The van der Waals surface area contributed by atoms with Gasteiger partial charge in [0.1, 0.15) is 0 Å². The molecule has 0 aliphatic carbocycles. The maximum Gasteiger partial charge on any atom is 3.00 e. The van der Waals surface area contributed by atoms with Crippen molar-refractivity contribution in [2.75, 3.05) is 0 Å². The second kappa shape index (κ2) is 448. The third-order valence-electron chi connectivity index (χ3n) is 0. The van der Waals surface area contributed by atoms with Gasteiger partial charge in [-0.05, 0) is 0 Å². The Kier molecular flexibility index (Phi) is 37000. The first-order valence-electron chi connectivity index (χ1n) is 0. The van der Waals surface area contributed by atoms with Crippen molar-refractivity contribution in [1.29, 1.82) is 0 Å². The molecule has 0 radical (unpaired) electrons. The standard InChI is InChI=1S/ClH.In.6H2O/h1H;;6*1H2/q;+3;;;;;;/p-1. The van der Waals surface area contributed by atoms with Crippen LogP contribution >= 0.6 is 0 Å². The second-order valence-electron chi connectivity index (χ2n) is 0. The fourth-order valence-electron chi connectivity index (χ4n) is 0. The van der Waals surface area contributed by atoms with Crippen molar-refractivity contribution < 1.29 is 45.3 Å². The average Bonchev–Trinajstić information content (AvgIpc) is 0. The van der Waals surface area contributed by atoms with E-state index in [1.807, 2.05) is 0 Å². The van der Waals surface area contributed by atoms with Gasteiger partial charge >= 0.3 is 25.8 Å². The molecule has 0 aliphatic rings. The molecule has 0 amide bonds. The van der Waals surface area contributed by atoms with Crippen molar-refractivity contribution in [3.8, 4) is 0 Å². The largest absolute Gasteiger partial charge is 3.00 e. The van der Waals surface area contributed by atoms with Crippen molar-refractivity contribution >= 4 is 25.8 Å². The van der Waals surface area contributed by atoms with Crippen LogP contribution < -0.4 is 12.4 Å². The van der Waals surface area contributed by atoms with E-state index < -0.39 is 0 Å². The molecule has 0 aromatic heterocycles. The predicted octanol–water partition coefficient (Wildman–Crippen LogP) is -8.32. The van der Waals surface area contributed by atoms with E-state index in [1.54, 1.807) is 0 Å². The van der Waals surface area contributed by atoms with Crippen molar-refractivity contribution in [1.82, 2.24) is 0 Å². The van der Waals surface area contributed by atoms with Crippen LogP contribution in [0.3, 0.4) is 0 Å². The second-order valence-corrected chi connectivity index (χ2v) is 0. The molecule has 0 saturated carbocycles. The monoisotopic (exact) mass is 258 g/mol. The van der Waals surface area contributed by atoms with Crippen LogP contribution in [0.25, 0.3) is 0 Å². The first kappa shape index (κ1) is 661. The van der Waals surface area contributed by atoms with E-state index in [1.165, 1.54) is 0 Å². The van der Waals surface area contributed by atoms with Crippen LogP contribution in [0.1, 0.15) is 0 Å². The molecular formula is H12ClInO6+2. The first-order valence-corrected chi connectivity index (χ1v) is 0. The summed E-state index contributed by atoms with van der Waals surface area (Å²) < 4.78 is 0. The number of rotatable bonds is 0. The molecule has 0 aromatic carbocycles. The van der Waals surface area contributed by atoms with Gasteiger partial charge in [0.05, 0.1) is 0 Å². The molecule has 56 valence electrons. The maximum absolute atomic E-state index is 0. The molecule has 0 bridgehead atoms. The Morgan fingerprint density at radius 3 is 0.375 bits per heavy atom. The third kappa shape index (κ3) is 286. The van der Waals surface area contributed by atoms with Gasteiger partial charge in [-0.2, -0.15) is 0 Å². The van der Waals surface area contributed by atoms with E-state index in [0.717, 1.165) is 0 Å². The van der Waals surface area contributed by atoms with Gasteiger partial charge in [0.2, 0.25) is 0 Å². The Labute approximate surface area is 71.3 Å². The molecule has 8 heavy (non-hydrogen) atoms. The minimum atomic E-state index is 0. The Balaban J connectivity index is 0. The number of halogens is 1. The van der Waals surface area contributed by atoms with Gasteiger partial charge in [0.25, 0.3) is 0 Å². The Morgan fingerprint density at radius 1 is 0.375 bits per heavy atom. The third-order valence-corrected chi connectivity index (χ3v) is 0. The zero-order valence-electron chi connectivity index (χ0n) is 3.96. The molecule has 0 aliphatic heterocycles. The van der Waals surface area contributed by atoms with Crippen LogP contribution in [0, 0.1) is 0 Å². The topological polar surface area (TPSA) is 189 Å². The molecule has 12 N–H and O–H groups in total. The van der Waals surface area contributed by atoms with Crippen LogP contribution in [0.15, 0.2) is 0 Å². The van der Waals surface area contributed by atoms with E-state index in [-0.39, 0.29) is 71.1 Å². The summed E-state index contributed by atoms with van der Waals surface area (Å²) in [6.07, 6.45) is 0. The number of hydrogen-bond donors (Lipinski definition) is 0. The molecule has 0 heterocycles. The van der Waals surface area contributed by atoms with Crippen LogP contribution in [0.5, 0.6) is 0 Å². The van der Waals surface area contributed by atoms with Crippen molar-refractivity contribution in [3.63, 3.8) is 0 Å². The van der Waals surface area contributed by atoms with Crippen molar-refractivity contribution in [3.05, 3.63) is 0 Å². The molecule has 8 heteroatoms. The van der Waals surface area contributed by atoms with Gasteiger partial charge in [-0.15, -0.1) is 0 Å². The van der Waals surface area contributed by atoms with Crippen molar-refractivity contribution in [2.45, 2.75) is 0 Å². The normalized spacial score (nSPS) is 0. The predicted molar refractivity (Wildman–Crippen MR) is 27.4 cm³/mol. The Morgan fingerprint density at radius 2 is 0.375 bits per heavy atom. The summed E-state index contributed by atoms with van der Waals surface area (Å²) >= 11 is 0. The molecule has 0 saturated heterocycles. The van der Waals surface area contributed by atoms with Gasteiger partial charge < -0.3 is 45.3 Å². The molecule has 6 nitrogen and oxygen atoms in total. The molecule has 0 aromatic rings. The van der Waals surface area contributed by atoms with Crippen LogP contribution in [-0.4, -0.2) is 58.7 Å². The smallest absolute Gasteiger partial charge is 1.00 e. The van der Waals surface area contributed by atoms with E-state index in [4.69, 9.17) is 0 Å². The molecule has 0 unspecified atom stereocenters. The quantitative estimate of drug-likeness (QED) is 0.399. The van der Waals surface area contributed by atoms with Gasteiger partial charge in [-0.3, -0.25) is 0 Å². The molecule has 0 rings (SSSR count). The van der Waals surface area contributed by atoms with E-state index in [9.17, 15) is 0 Å². The van der Waals surface area contributed by atoms with Gasteiger partial charge in [0, 0.05) is 0 Å². The molecular weight excluding hydrogens is 246 g/mol. The fourth-order valence-corrected chi connectivity index (χ4v) is 0. The zero-order chi connectivity index (χ0) is 0. The van der Waals surface area contributed by atoms with Crippen LogP contribution in [0.2, 0.25) is 0 Å². The van der Waals surface area contributed by atoms with Gasteiger partial charge in [-0.25, -0.2) is 0 Å². The first-order chi connectivity index (χ1) is 0. The van der Waals surface area contributed by atoms with Gasteiger partial charge in [0.15, 0.2) is 0 Å². The molecule has 0 atom stereocenters. The summed E-state index contributed by atoms with van der Waals surface area (Å²) in [7, 11) is 0. The van der Waals surface area contributed by atoms with Gasteiger partial charge in [-0.1, -0.05) is 0 Å². The Hall–Kier alpha value is 0.920. The van der Waals surface area contributed by atoms with Crippen LogP contribution in [0.4, 0.5) is 0 Å². The summed E-state index contributed by atoms with van der Waals surface area (Å²) in [4.78, 5) is 0. The maximum atomic E-state index is 0.